The minimum Gasteiger partial charge on any atom is -0.494 e. The Morgan fingerprint density at radius 3 is 2.63 bits per heavy atom. The van der Waals surface area contributed by atoms with Crippen molar-refractivity contribution in [1.82, 2.24) is 19.0 Å². The number of ether oxygens (including phenoxy) is 2. The molecule has 0 N–H and O–H groups in total. The van der Waals surface area contributed by atoms with Crippen molar-refractivity contribution in [3.8, 4) is 34.8 Å². The first-order valence-electron chi connectivity index (χ1n) is 12.3. The molecule has 2 aromatic carbocycles. The number of aromatic nitrogens is 3. The zero-order valence-electron chi connectivity index (χ0n) is 21.4. The number of halogens is 1. The Balaban J connectivity index is 1.52. The average Bonchev–Trinajstić information content (AvgIpc) is 3.23. The third kappa shape index (κ3) is 4.50. The molecule has 194 valence electrons. The Kier molecular flexibility index (Phi) is 6.88. The largest absolute Gasteiger partial charge is 0.494 e. The number of pyridine rings is 1. The summed E-state index contributed by atoms with van der Waals surface area (Å²) in [7, 11) is 1.39. The number of benzene rings is 2. The second-order valence-corrected chi connectivity index (χ2v) is 9.10. The Morgan fingerprint density at radius 2 is 1.89 bits per heavy atom. The van der Waals surface area contributed by atoms with Crippen LogP contribution in [0.15, 0.2) is 59.7 Å². The first-order chi connectivity index (χ1) is 18.4. The van der Waals surface area contributed by atoms with Gasteiger partial charge in [-0.2, -0.15) is 4.39 Å². The Hall–Kier alpha value is -4.58. The lowest BCUT2D eigenvalue weighted by Gasteiger charge is -2.32. The summed E-state index contributed by atoms with van der Waals surface area (Å²) in [5.41, 5.74) is 2.71. The predicted molar refractivity (Wildman–Crippen MR) is 141 cm³/mol. The highest BCUT2D eigenvalue weighted by Crippen LogP contribution is 2.32. The van der Waals surface area contributed by atoms with E-state index in [1.807, 2.05) is 6.92 Å². The molecule has 0 radical (unpaired) electrons. The van der Waals surface area contributed by atoms with E-state index in [9.17, 15) is 14.0 Å². The zero-order valence-corrected chi connectivity index (χ0v) is 21.4. The standard InChI is InChI=1S/C29H27FN4O4/c1-4-7-26(35)32-15-6-8-21(18-32)34-28-19(2)16-31-17-23(28)33(29(34)36)20-11-13-22(14-12-20)38-25-10-5-9-24(37-3)27(25)30/h5,9-14,16-17,21H,6,8,15,18H2,1-3H3. The molecular formula is C29H27FN4O4. The van der Waals surface area contributed by atoms with Gasteiger partial charge in [0.1, 0.15) is 5.75 Å². The molecule has 8 nitrogen and oxygen atoms in total. The normalized spacial score (nSPS) is 15.2. The van der Waals surface area contributed by atoms with E-state index in [1.54, 1.807) is 63.7 Å². The number of carbonyl (C=O) groups is 1. The predicted octanol–water partition coefficient (Wildman–Crippen LogP) is 4.62. The van der Waals surface area contributed by atoms with E-state index in [1.165, 1.54) is 19.2 Å². The van der Waals surface area contributed by atoms with Gasteiger partial charge in [-0.15, -0.1) is 0 Å². The molecule has 3 heterocycles. The molecule has 0 aliphatic carbocycles. The van der Waals surface area contributed by atoms with Gasteiger partial charge in [0.25, 0.3) is 5.91 Å². The van der Waals surface area contributed by atoms with Crippen LogP contribution in [0.4, 0.5) is 4.39 Å². The molecule has 1 unspecified atom stereocenters. The van der Waals surface area contributed by atoms with E-state index in [4.69, 9.17) is 9.47 Å². The van der Waals surface area contributed by atoms with E-state index in [0.29, 0.717) is 30.0 Å². The summed E-state index contributed by atoms with van der Waals surface area (Å²) in [5.74, 6) is 4.98. The fraction of sp³-hybridized carbons (Fsp3) is 0.276. The van der Waals surface area contributed by atoms with Crippen molar-refractivity contribution in [3.63, 3.8) is 0 Å². The summed E-state index contributed by atoms with van der Waals surface area (Å²) in [4.78, 5) is 32.4. The molecule has 1 aliphatic heterocycles. The van der Waals surface area contributed by atoms with Crippen LogP contribution in [-0.2, 0) is 4.79 Å². The summed E-state index contributed by atoms with van der Waals surface area (Å²) in [6, 6.07) is 11.3. The zero-order chi connectivity index (χ0) is 26.8. The minimum absolute atomic E-state index is 0.0369. The number of amides is 1. The maximum atomic E-state index is 14.5. The number of fused-ring (bicyclic) bond motifs is 1. The van der Waals surface area contributed by atoms with Gasteiger partial charge in [0.2, 0.25) is 5.82 Å². The van der Waals surface area contributed by atoms with E-state index in [2.05, 4.69) is 16.8 Å². The van der Waals surface area contributed by atoms with Crippen LogP contribution in [-0.4, -0.2) is 45.1 Å². The molecule has 1 aliphatic rings. The monoisotopic (exact) mass is 514 g/mol. The molecule has 0 saturated carbocycles. The van der Waals surface area contributed by atoms with Gasteiger partial charge in [0, 0.05) is 19.3 Å². The van der Waals surface area contributed by atoms with Gasteiger partial charge in [-0.05, 0) is 74.6 Å². The van der Waals surface area contributed by atoms with Crippen molar-refractivity contribution in [2.45, 2.75) is 32.7 Å². The number of likely N-dealkylation sites (tertiary alicyclic amines) is 1. The molecule has 4 aromatic rings. The van der Waals surface area contributed by atoms with E-state index in [-0.39, 0.29) is 29.1 Å². The van der Waals surface area contributed by atoms with E-state index >= 15 is 0 Å². The van der Waals surface area contributed by atoms with Gasteiger partial charge >= 0.3 is 5.69 Å². The third-order valence-electron chi connectivity index (χ3n) is 6.71. The van der Waals surface area contributed by atoms with Crippen molar-refractivity contribution < 1.29 is 18.7 Å². The number of imidazole rings is 1. The summed E-state index contributed by atoms with van der Waals surface area (Å²) >= 11 is 0. The molecule has 5 rings (SSSR count). The second kappa shape index (κ2) is 10.4. The fourth-order valence-electron chi connectivity index (χ4n) is 4.97. The Morgan fingerprint density at radius 1 is 1.13 bits per heavy atom. The lowest BCUT2D eigenvalue weighted by Crippen LogP contribution is -2.42. The van der Waals surface area contributed by atoms with Gasteiger partial charge in [0.15, 0.2) is 11.5 Å². The topological polar surface area (TPSA) is 78.6 Å². The molecule has 1 fully saturated rings. The first-order valence-corrected chi connectivity index (χ1v) is 12.3. The van der Waals surface area contributed by atoms with Gasteiger partial charge in [-0.3, -0.25) is 18.9 Å². The second-order valence-electron chi connectivity index (χ2n) is 9.10. The molecule has 0 spiro atoms. The van der Waals surface area contributed by atoms with Crippen LogP contribution in [0, 0.1) is 24.6 Å². The van der Waals surface area contributed by atoms with Crippen molar-refractivity contribution >= 4 is 16.9 Å². The highest BCUT2D eigenvalue weighted by atomic mass is 19.1. The van der Waals surface area contributed by atoms with Crippen LogP contribution in [0.5, 0.6) is 17.2 Å². The summed E-state index contributed by atoms with van der Waals surface area (Å²) < 4.78 is 28.7. The molecule has 2 aromatic heterocycles. The van der Waals surface area contributed by atoms with Crippen molar-refractivity contribution in [1.29, 1.82) is 0 Å². The quantitative estimate of drug-likeness (QED) is 0.363. The van der Waals surface area contributed by atoms with Crippen molar-refractivity contribution in [2.24, 2.45) is 0 Å². The number of methoxy groups -OCH3 is 1. The number of piperidine rings is 1. The van der Waals surface area contributed by atoms with Crippen molar-refractivity contribution in [2.75, 3.05) is 20.2 Å². The summed E-state index contributed by atoms with van der Waals surface area (Å²) in [6.07, 6.45) is 4.95. The van der Waals surface area contributed by atoms with Crippen LogP contribution in [0.3, 0.4) is 0 Å². The van der Waals surface area contributed by atoms with Crippen LogP contribution in [0.2, 0.25) is 0 Å². The van der Waals surface area contributed by atoms with Gasteiger partial charge in [0.05, 0.1) is 36.1 Å². The lowest BCUT2D eigenvalue weighted by atomic mass is 10.0. The highest BCUT2D eigenvalue weighted by molar-refractivity contribution is 5.93. The maximum absolute atomic E-state index is 14.5. The SMILES string of the molecule is CC#CC(=O)N1CCCC(n2c(=O)n(-c3ccc(Oc4cccc(OC)c4F)cc3)c3cncc(C)c32)C1. The van der Waals surface area contributed by atoms with Crippen LogP contribution >= 0.6 is 0 Å². The molecule has 1 saturated heterocycles. The number of hydrogen-bond donors (Lipinski definition) is 0. The highest BCUT2D eigenvalue weighted by Gasteiger charge is 2.29. The minimum atomic E-state index is -0.593. The van der Waals surface area contributed by atoms with Gasteiger partial charge < -0.3 is 14.4 Å². The van der Waals surface area contributed by atoms with E-state index in [0.717, 1.165) is 23.9 Å². The first kappa shape index (κ1) is 25.1. The Bertz CT molecular complexity index is 1630. The number of carbonyl (C=O) groups excluding carboxylic acids is 1. The molecular weight excluding hydrogens is 487 g/mol. The van der Waals surface area contributed by atoms with Crippen LogP contribution in [0.25, 0.3) is 16.7 Å². The third-order valence-corrected chi connectivity index (χ3v) is 6.71. The summed E-state index contributed by atoms with van der Waals surface area (Å²) in [6.45, 7) is 4.58. The molecule has 9 heteroatoms. The molecule has 38 heavy (non-hydrogen) atoms. The summed E-state index contributed by atoms with van der Waals surface area (Å²) in [5, 5.41) is 0. The van der Waals surface area contributed by atoms with Gasteiger partial charge in [-0.1, -0.05) is 12.0 Å². The van der Waals surface area contributed by atoms with Crippen LogP contribution < -0.4 is 15.2 Å². The smallest absolute Gasteiger partial charge is 0.334 e. The lowest BCUT2D eigenvalue weighted by molar-refractivity contribution is -0.126. The number of nitrogens with zero attached hydrogens (tertiary/aromatic N) is 4. The molecule has 1 atom stereocenters. The number of aryl methyl sites for hydroxylation is 1. The number of hydrogen-bond acceptors (Lipinski definition) is 5. The average molecular weight is 515 g/mol. The van der Waals surface area contributed by atoms with Gasteiger partial charge in [-0.25, -0.2) is 4.79 Å². The fourth-order valence-corrected chi connectivity index (χ4v) is 4.97. The molecule has 0 bridgehead atoms. The maximum Gasteiger partial charge on any atom is 0.334 e. The molecule has 1 amide bonds. The van der Waals surface area contributed by atoms with Crippen molar-refractivity contribution in [3.05, 3.63) is 76.7 Å². The van der Waals surface area contributed by atoms with Crippen LogP contribution in [0.1, 0.15) is 31.4 Å². The van der Waals surface area contributed by atoms with E-state index < -0.39 is 5.82 Å². The number of rotatable bonds is 5. The Labute approximate surface area is 219 Å².